The number of hydrogen-bond acceptors (Lipinski definition) is 2. The quantitative estimate of drug-likeness (QED) is 0.567. The first-order valence-electron chi connectivity index (χ1n) is 4.51. The van der Waals surface area contributed by atoms with Gasteiger partial charge in [-0.25, -0.2) is 4.79 Å². The molecule has 0 unspecified atom stereocenters. The Morgan fingerprint density at radius 3 is 2.40 bits per heavy atom. The van der Waals surface area contributed by atoms with E-state index in [1.165, 1.54) is 18.2 Å². The second-order valence-corrected chi connectivity index (χ2v) is 3.73. The number of carbonyl (C=O) groups is 1. The second kappa shape index (κ2) is 5.16. The lowest BCUT2D eigenvalue weighted by molar-refractivity contribution is -0.132. The van der Waals surface area contributed by atoms with Crippen LogP contribution in [0.3, 0.4) is 0 Å². The fraction of sp³-hybridized carbons (Fsp3) is 0.333. The van der Waals surface area contributed by atoms with Gasteiger partial charge in [0.15, 0.2) is 0 Å². The molecule has 0 radical (unpaired) electrons. The van der Waals surface area contributed by atoms with Gasteiger partial charge in [-0.15, -0.1) is 0 Å². The molecule has 0 aliphatic rings. The molecule has 15 heavy (non-hydrogen) atoms. The zero-order chi connectivity index (χ0) is 12.1. The first-order valence-corrected chi connectivity index (χ1v) is 4.51. The molecule has 0 aromatic carbocycles. The minimum atomic E-state index is -1.03. The Kier molecular flexibility index (Phi) is 4.53. The number of rotatable bonds is 4. The lowest BCUT2D eigenvalue weighted by atomic mass is 9.86. The van der Waals surface area contributed by atoms with Gasteiger partial charge in [0.25, 0.3) is 0 Å². The molecule has 0 rings (SSSR count). The third-order valence-electron chi connectivity index (χ3n) is 2.18. The predicted molar refractivity (Wildman–Crippen MR) is 59.1 cm³/mol. The first-order chi connectivity index (χ1) is 6.85. The van der Waals surface area contributed by atoms with Gasteiger partial charge < -0.3 is 5.11 Å². The summed E-state index contributed by atoms with van der Waals surface area (Å²) in [6.45, 7) is 8.66. The van der Waals surface area contributed by atoms with Crippen LogP contribution in [0.15, 0.2) is 36.0 Å². The highest BCUT2D eigenvalue weighted by atomic mass is 16.4. The number of hydrogen-bond donors (Lipinski definition) is 1. The number of nitriles is 1. The highest BCUT2D eigenvalue weighted by molar-refractivity contribution is 5.90. The molecule has 0 saturated heterocycles. The third kappa shape index (κ3) is 3.82. The number of aliphatic carboxylic acids is 1. The highest BCUT2D eigenvalue weighted by Gasteiger charge is 2.19. The van der Waals surface area contributed by atoms with E-state index < -0.39 is 11.4 Å². The van der Waals surface area contributed by atoms with Crippen molar-refractivity contribution < 1.29 is 9.90 Å². The second-order valence-electron chi connectivity index (χ2n) is 3.73. The smallest absolute Gasteiger partial charge is 0.335 e. The maximum atomic E-state index is 10.8. The van der Waals surface area contributed by atoms with Crippen LogP contribution in [0.2, 0.25) is 0 Å². The van der Waals surface area contributed by atoms with Crippen molar-refractivity contribution >= 4 is 5.97 Å². The SMILES string of the molecule is C=C/C=C(\C=C(/C)C(C)(C)C#N)C(=O)O. The van der Waals surface area contributed by atoms with Gasteiger partial charge in [0, 0.05) is 0 Å². The number of nitrogens with zero attached hydrogens (tertiary/aromatic N) is 1. The van der Waals surface area contributed by atoms with Gasteiger partial charge in [-0.05, 0) is 32.9 Å². The summed E-state index contributed by atoms with van der Waals surface area (Å²) in [6, 6.07) is 2.11. The Morgan fingerprint density at radius 2 is 2.07 bits per heavy atom. The average Bonchev–Trinajstić information content (AvgIpc) is 2.16. The van der Waals surface area contributed by atoms with Gasteiger partial charge >= 0.3 is 5.97 Å². The summed E-state index contributed by atoms with van der Waals surface area (Å²) >= 11 is 0. The monoisotopic (exact) mass is 205 g/mol. The topological polar surface area (TPSA) is 61.1 Å². The molecule has 0 atom stereocenters. The third-order valence-corrected chi connectivity index (χ3v) is 2.18. The van der Waals surface area contributed by atoms with E-state index in [1.54, 1.807) is 20.8 Å². The zero-order valence-electron chi connectivity index (χ0n) is 9.24. The van der Waals surface area contributed by atoms with Crippen LogP contribution in [0.5, 0.6) is 0 Å². The maximum absolute atomic E-state index is 10.8. The molecule has 0 amide bonds. The van der Waals surface area contributed by atoms with E-state index in [2.05, 4.69) is 12.6 Å². The molecule has 0 saturated carbocycles. The van der Waals surface area contributed by atoms with Crippen LogP contribution in [0, 0.1) is 16.7 Å². The van der Waals surface area contributed by atoms with Gasteiger partial charge in [-0.3, -0.25) is 0 Å². The Hall–Kier alpha value is -1.82. The Bertz CT molecular complexity index is 368. The van der Waals surface area contributed by atoms with Crippen LogP contribution in [-0.2, 0) is 4.79 Å². The van der Waals surface area contributed by atoms with E-state index in [0.717, 1.165) is 0 Å². The van der Waals surface area contributed by atoms with Crippen LogP contribution in [0.25, 0.3) is 0 Å². The maximum Gasteiger partial charge on any atom is 0.335 e. The fourth-order valence-electron chi connectivity index (χ4n) is 0.810. The summed E-state index contributed by atoms with van der Waals surface area (Å²) in [5.74, 6) is -1.03. The lowest BCUT2D eigenvalue weighted by Gasteiger charge is -2.15. The van der Waals surface area contributed by atoms with E-state index in [1.807, 2.05) is 0 Å². The van der Waals surface area contributed by atoms with Gasteiger partial charge in [-0.2, -0.15) is 5.26 Å². The van der Waals surface area contributed by atoms with Crippen LogP contribution >= 0.6 is 0 Å². The standard InChI is InChI=1S/C12H15NO2/c1-5-6-10(11(14)15)7-9(2)12(3,4)8-13/h5-7H,1H2,2-4H3,(H,14,15)/b9-7+,10-6+. The summed E-state index contributed by atoms with van der Waals surface area (Å²) < 4.78 is 0. The van der Waals surface area contributed by atoms with Crippen molar-refractivity contribution in [3.63, 3.8) is 0 Å². The molecule has 1 N–H and O–H groups in total. The molecule has 3 heteroatoms. The van der Waals surface area contributed by atoms with Crippen LogP contribution < -0.4 is 0 Å². The zero-order valence-corrected chi connectivity index (χ0v) is 9.24. The Labute approximate surface area is 90.0 Å². The summed E-state index contributed by atoms with van der Waals surface area (Å²) in [7, 11) is 0. The van der Waals surface area contributed by atoms with E-state index in [4.69, 9.17) is 10.4 Å². The van der Waals surface area contributed by atoms with Crippen LogP contribution in [0.1, 0.15) is 20.8 Å². The van der Waals surface area contributed by atoms with Gasteiger partial charge in [0.05, 0.1) is 17.1 Å². The van der Waals surface area contributed by atoms with E-state index in [9.17, 15) is 4.79 Å². The highest BCUT2D eigenvalue weighted by Crippen LogP contribution is 2.25. The largest absolute Gasteiger partial charge is 0.478 e. The molecule has 0 spiro atoms. The number of carboxylic acids is 1. The summed E-state index contributed by atoms with van der Waals surface area (Å²) in [5.41, 5.74) is 0.182. The minimum Gasteiger partial charge on any atom is -0.478 e. The molecular formula is C12H15NO2. The molecule has 80 valence electrons. The molecular weight excluding hydrogens is 190 g/mol. The van der Waals surface area contributed by atoms with Crippen molar-refractivity contribution in [2.24, 2.45) is 5.41 Å². The lowest BCUT2D eigenvalue weighted by Crippen LogP contribution is -2.10. The molecule has 0 aromatic heterocycles. The average molecular weight is 205 g/mol. The van der Waals surface area contributed by atoms with E-state index in [0.29, 0.717) is 5.57 Å². The summed E-state index contributed by atoms with van der Waals surface area (Å²) in [4.78, 5) is 10.8. The Balaban J connectivity index is 5.21. The van der Waals surface area contributed by atoms with Gasteiger partial charge in [0.2, 0.25) is 0 Å². The molecule has 0 heterocycles. The van der Waals surface area contributed by atoms with Crippen molar-refractivity contribution in [2.45, 2.75) is 20.8 Å². The van der Waals surface area contributed by atoms with Crippen molar-refractivity contribution in [1.82, 2.24) is 0 Å². The summed E-state index contributed by atoms with van der Waals surface area (Å²) in [6.07, 6.45) is 4.30. The van der Waals surface area contributed by atoms with E-state index in [-0.39, 0.29) is 5.57 Å². The Morgan fingerprint density at radius 1 is 1.53 bits per heavy atom. The van der Waals surface area contributed by atoms with Crippen molar-refractivity contribution in [1.29, 1.82) is 5.26 Å². The first kappa shape index (κ1) is 13.2. The fourth-order valence-corrected chi connectivity index (χ4v) is 0.810. The molecule has 3 nitrogen and oxygen atoms in total. The number of carboxylic acid groups (broad SMARTS) is 1. The number of allylic oxidation sites excluding steroid dienone is 3. The van der Waals surface area contributed by atoms with Crippen molar-refractivity contribution in [2.75, 3.05) is 0 Å². The summed E-state index contributed by atoms with van der Waals surface area (Å²) in [5, 5.41) is 17.7. The normalized spacial score (nSPS) is 13.2. The van der Waals surface area contributed by atoms with Gasteiger partial charge in [-0.1, -0.05) is 18.2 Å². The molecule has 0 aliphatic heterocycles. The van der Waals surface area contributed by atoms with Gasteiger partial charge in [0.1, 0.15) is 0 Å². The van der Waals surface area contributed by atoms with Crippen molar-refractivity contribution in [3.8, 4) is 6.07 Å². The molecule has 0 fully saturated rings. The molecule has 0 bridgehead atoms. The van der Waals surface area contributed by atoms with Crippen molar-refractivity contribution in [3.05, 3.63) is 36.0 Å². The predicted octanol–water partition coefficient (Wildman–Crippen LogP) is 2.68. The molecule has 0 aromatic rings. The van der Waals surface area contributed by atoms with E-state index >= 15 is 0 Å². The molecule has 0 aliphatic carbocycles. The minimum absolute atomic E-state index is 0.130. The van der Waals surface area contributed by atoms with Crippen LogP contribution in [0.4, 0.5) is 0 Å². The van der Waals surface area contributed by atoms with Crippen LogP contribution in [-0.4, -0.2) is 11.1 Å².